The molecule has 4 aromatic carbocycles. The van der Waals surface area contributed by atoms with E-state index in [2.05, 4.69) is 20.6 Å². The molecule has 0 saturated heterocycles. The number of aliphatic imine (C=N–C) groups is 1. The number of hydrogen-bond acceptors (Lipinski definition) is 10. The summed E-state index contributed by atoms with van der Waals surface area (Å²) in [5.74, 6) is -0.882. The van der Waals surface area contributed by atoms with Gasteiger partial charge in [-0.15, -0.1) is 4.90 Å². The Labute approximate surface area is 325 Å². The number of nitrogens with zero attached hydrogens (tertiary/aromatic N) is 2. The first-order chi connectivity index (χ1) is 27.3. The van der Waals surface area contributed by atoms with Crippen molar-refractivity contribution in [3.63, 3.8) is 0 Å². The zero-order valence-electron chi connectivity index (χ0n) is 31.1. The highest BCUT2D eigenvalue weighted by Crippen LogP contribution is 2.19. The lowest BCUT2D eigenvalue weighted by molar-refractivity contribution is -0.143. The van der Waals surface area contributed by atoms with Crippen LogP contribution in [0.3, 0.4) is 0 Å². The third-order valence-corrected chi connectivity index (χ3v) is 8.72. The molecule has 0 fully saturated rings. The Hall–Kier alpha value is -6.67. The number of methoxy groups -OCH3 is 1. The molecule has 14 heteroatoms. The molecule has 1 heterocycles. The van der Waals surface area contributed by atoms with Gasteiger partial charge in [-0.2, -0.15) is 0 Å². The van der Waals surface area contributed by atoms with Crippen molar-refractivity contribution >= 4 is 41.1 Å². The minimum atomic E-state index is -1.05. The number of H-pyrrole nitrogens is 1. The Bertz CT molecular complexity index is 1990. The first-order valence-electron chi connectivity index (χ1n) is 18.2. The lowest BCUT2D eigenvalue weighted by Gasteiger charge is -2.23. The van der Waals surface area contributed by atoms with Crippen LogP contribution in [0.25, 0.3) is 10.9 Å². The van der Waals surface area contributed by atoms with Crippen LogP contribution in [0.5, 0.6) is 0 Å². The Kier molecular flexibility index (Phi) is 15.4. The second-order valence-corrected chi connectivity index (χ2v) is 12.7. The Morgan fingerprint density at radius 1 is 0.750 bits per heavy atom. The number of nitrogens with two attached hydrogens (primary N) is 1. The van der Waals surface area contributed by atoms with Gasteiger partial charge in [-0.25, -0.2) is 14.4 Å². The summed E-state index contributed by atoms with van der Waals surface area (Å²) < 4.78 is 21.4. The highest BCUT2D eigenvalue weighted by molar-refractivity contribution is 6.07. The van der Waals surface area contributed by atoms with Gasteiger partial charge in [0.15, 0.2) is 0 Å². The maximum atomic E-state index is 13.2. The number of guanidine groups is 1. The number of aromatic amines is 1. The average molecular weight is 763 g/mol. The molecule has 14 nitrogen and oxygen atoms in total. The molecule has 0 aliphatic rings. The van der Waals surface area contributed by atoms with Crippen LogP contribution in [0.1, 0.15) is 35.1 Å². The highest BCUT2D eigenvalue weighted by Gasteiger charge is 2.29. The van der Waals surface area contributed by atoms with E-state index in [0.29, 0.717) is 35.3 Å². The van der Waals surface area contributed by atoms with Crippen molar-refractivity contribution in [1.82, 2.24) is 20.5 Å². The van der Waals surface area contributed by atoms with Crippen molar-refractivity contribution in [2.24, 2.45) is 10.7 Å². The number of esters is 1. The van der Waals surface area contributed by atoms with Crippen LogP contribution in [-0.4, -0.2) is 72.4 Å². The van der Waals surface area contributed by atoms with Gasteiger partial charge in [0.25, 0.3) is 0 Å². The van der Waals surface area contributed by atoms with E-state index in [9.17, 15) is 19.2 Å². The lowest BCUT2D eigenvalue weighted by Crippen LogP contribution is -2.48. The third-order valence-electron chi connectivity index (χ3n) is 8.72. The monoisotopic (exact) mass is 762 g/mol. The number of amides is 3. The summed E-state index contributed by atoms with van der Waals surface area (Å²) in [6.45, 7) is 0.0837. The van der Waals surface area contributed by atoms with Gasteiger partial charge in [-0.05, 0) is 41.2 Å². The zero-order chi connectivity index (χ0) is 39.5. The van der Waals surface area contributed by atoms with E-state index in [1.165, 1.54) is 7.11 Å². The maximum Gasteiger partial charge on any atom is 0.426 e. The molecule has 5 rings (SSSR count). The second-order valence-electron chi connectivity index (χ2n) is 12.7. The van der Waals surface area contributed by atoms with Crippen molar-refractivity contribution in [2.45, 2.75) is 51.2 Å². The minimum absolute atomic E-state index is 0.0628. The number of aromatic nitrogens is 1. The van der Waals surface area contributed by atoms with Crippen LogP contribution in [0, 0.1) is 0 Å². The van der Waals surface area contributed by atoms with Crippen molar-refractivity contribution < 1.29 is 38.1 Å². The molecule has 56 heavy (non-hydrogen) atoms. The smallest absolute Gasteiger partial charge is 0.426 e. The van der Waals surface area contributed by atoms with Crippen molar-refractivity contribution in [1.29, 1.82) is 0 Å². The Balaban J connectivity index is 1.24. The summed E-state index contributed by atoms with van der Waals surface area (Å²) in [6.07, 6.45) is 0.136. The molecule has 5 N–H and O–H groups in total. The fourth-order valence-electron chi connectivity index (χ4n) is 5.77. The van der Waals surface area contributed by atoms with Gasteiger partial charge >= 0.3 is 24.2 Å². The minimum Gasteiger partial charge on any atom is -0.468 e. The molecule has 0 bridgehead atoms. The van der Waals surface area contributed by atoms with Gasteiger partial charge in [-0.1, -0.05) is 109 Å². The predicted octanol–water partition coefficient (Wildman–Crippen LogP) is 6.21. The van der Waals surface area contributed by atoms with Gasteiger partial charge in [0.1, 0.15) is 25.9 Å². The molecule has 292 valence electrons. The summed E-state index contributed by atoms with van der Waals surface area (Å²) >= 11 is 0. The first kappa shape index (κ1) is 40.5. The summed E-state index contributed by atoms with van der Waals surface area (Å²) in [7, 11) is 1.32. The Morgan fingerprint density at radius 2 is 1.29 bits per heavy atom. The van der Waals surface area contributed by atoms with Crippen LogP contribution in [0.4, 0.5) is 14.4 Å². The molecule has 0 aliphatic heterocycles. The number of benzene rings is 4. The molecular formula is C42H46N6O8. The van der Waals surface area contributed by atoms with Gasteiger partial charge in [0.05, 0.1) is 7.11 Å². The predicted molar refractivity (Wildman–Crippen MR) is 210 cm³/mol. The van der Waals surface area contributed by atoms with E-state index in [4.69, 9.17) is 24.7 Å². The molecular weight excluding hydrogens is 716 g/mol. The van der Waals surface area contributed by atoms with Gasteiger partial charge in [-0.3, -0.25) is 9.79 Å². The molecule has 5 aromatic rings. The molecule has 0 unspecified atom stereocenters. The van der Waals surface area contributed by atoms with Gasteiger partial charge < -0.3 is 40.3 Å². The molecule has 1 aromatic heterocycles. The van der Waals surface area contributed by atoms with E-state index in [1.807, 2.05) is 72.9 Å². The fraction of sp³-hybridized carbons (Fsp3) is 0.262. The Morgan fingerprint density at radius 3 is 1.86 bits per heavy atom. The average Bonchev–Trinajstić information content (AvgIpc) is 3.64. The van der Waals surface area contributed by atoms with Crippen molar-refractivity contribution in [2.75, 3.05) is 20.2 Å². The summed E-state index contributed by atoms with van der Waals surface area (Å²) in [4.78, 5) is 60.3. The zero-order valence-corrected chi connectivity index (χ0v) is 31.1. The lowest BCUT2D eigenvalue weighted by atomic mass is 10.0. The largest absolute Gasteiger partial charge is 0.468 e. The molecule has 0 aliphatic carbocycles. The fourth-order valence-corrected chi connectivity index (χ4v) is 5.77. The molecule has 3 amide bonds. The van der Waals surface area contributed by atoms with Crippen LogP contribution in [0.2, 0.25) is 0 Å². The topological polar surface area (TPSA) is 187 Å². The standard InChI is InChI=1S/C42H46N6O8/c1-53-38(49)37(24-33-25-45-36-22-12-11-21-35(33)36)46-26-34(47-40(50)54-27-30-14-5-2-6-15-30)20-13-23-44-39(43)48(41(51)55-28-31-16-7-3-8-17-31)42(52)56-29-32-18-9-4-10-19-32/h2-12,14-19,21-22,25,34,37,45-46H,13,20,23-24,26-29H2,1H3,(H2,43,44)(H,47,50)/t34-,37-/m0/s1. The number of carbonyl (C=O) groups is 4. The number of hydrogen-bond donors (Lipinski definition) is 4. The van der Waals surface area contributed by atoms with E-state index >= 15 is 0 Å². The molecule has 0 radical (unpaired) electrons. The number of para-hydroxylation sites is 1. The number of carbonyl (C=O) groups excluding carboxylic acids is 4. The van der Waals surface area contributed by atoms with Gasteiger partial charge in [0, 0.05) is 42.7 Å². The normalized spacial score (nSPS) is 12.3. The maximum absolute atomic E-state index is 13.2. The van der Waals surface area contributed by atoms with Crippen LogP contribution in [-0.2, 0) is 50.0 Å². The molecule has 0 saturated carbocycles. The van der Waals surface area contributed by atoms with Crippen LogP contribution in [0.15, 0.2) is 126 Å². The van der Waals surface area contributed by atoms with Crippen LogP contribution < -0.4 is 16.4 Å². The molecule has 0 spiro atoms. The number of fused-ring (bicyclic) bond motifs is 1. The number of imide groups is 1. The summed E-state index contributed by atoms with van der Waals surface area (Å²) in [5.41, 5.74) is 10.3. The molecule has 2 atom stereocenters. The van der Waals surface area contributed by atoms with Crippen LogP contribution >= 0.6 is 0 Å². The van der Waals surface area contributed by atoms with E-state index in [0.717, 1.165) is 22.0 Å². The summed E-state index contributed by atoms with van der Waals surface area (Å²) in [6, 6.07) is 33.7. The SMILES string of the molecule is COC(=O)[C@H](Cc1c[nH]c2ccccc12)NC[C@H](CCCN=C(N)N(C(=O)OCc1ccccc1)C(=O)OCc1ccccc1)NC(=O)OCc1ccccc1. The number of rotatable bonds is 17. The summed E-state index contributed by atoms with van der Waals surface area (Å²) in [5, 5.41) is 7.12. The highest BCUT2D eigenvalue weighted by atomic mass is 16.6. The van der Waals surface area contributed by atoms with E-state index < -0.39 is 42.3 Å². The number of ether oxygens (including phenoxy) is 4. The van der Waals surface area contributed by atoms with Crippen molar-refractivity contribution in [3.8, 4) is 0 Å². The van der Waals surface area contributed by atoms with E-state index in [1.54, 1.807) is 48.5 Å². The van der Waals surface area contributed by atoms with Crippen molar-refractivity contribution in [3.05, 3.63) is 144 Å². The number of nitrogens with one attached hydrogen (secondary N) is 3. The quantitative estimate of drug-likeness (QED) is 0.0279. The first-order valence-corrected chi connectivity index (χ1v) is 18.2. The third kappa shape index (κ3) is 12.5. The number of alkyl carbamates (subject to hydrolysis) is 1. The van der Waals surface area contributed by atoms with Gasteiger partial charge in [0.2, 0.25) is 5.96 Å². The van der Waals surface area contributed by atoms with E-state index in [-0.39, 0.29) is 32.9 Å². The second kappa shape index (κ2) is 21.3.